The fraction of sp³-hybridized carbons (Fsp3) is 0.800. The molecule has 0 amide bonds. The maximum Gasteiger partial charge on any atom is 0.323 e. The lowest BCUT2D eigenvalue weighted by Gasteiger charge is -2.02. The molecule has 0 spiro atoms. The molecule has 16 heavy (non-hydrogen) atoms. The highest BCUT2D eigenvalue weighted by Crippen LogP contribution is 1.90. The second-order valence-corrected chi connectivity index (χ2v) is 4.02. The van der Waals surface area contributed by atoms with Gasteiger partial charge in [0.25, 0.3) is 0 Å². The Hall–Kier alpha value is -0.720. The van der Waals surface area contributed by atoms with E-state index in [9.17, 15) is 0 Å². The molecule has 5 nitrogen and oxygen atoms in total. The SMILES string of the molecule is COCCOCCC[n+]1c(C)n(C)[nH]c1=S. The Balaban J connectivity index is 2.29. The van der Waals surface area contributed by atoms with Crippen molar-refractivity contribution in [1.82, 2.24) is 9.78 Å². The van der Waals surface area contributed by atoms with E-state index in [4.69, 9.17) is 21.7 Å². The van der Waals surface area contributed by atoms with Crippen LogP contribution in [0, 0.1) is 11.7 Å². The van der Waals surface area contributed by atoms with Crippen LogP contribution in [0.25, 0.3) is 0 Å². The second-order valence-electron chi connectivity index (χ2n) is 3.63. The molecule has 0 aliphatic heterocycles. The molecule has 0 fully saturated rings. The summed E-state index contributed by atoms with van der Waals surface area (Å²) in [6.45, 7) is 4.96. The first-order chi connectivity index (χ1) is 7.66. The van der Waals surface area contributed by atoms with E-state index in [0.717, 1.165) is 30.2 Å². The first-order valence-electron chi connectivity index (χ1n) is 5.39. The van der Waals surface area contributed by atoms with Gasteiger partial charge in [-0.1, -0.05) is 0 Å². The van der Waals surface area contributed by atoms with E-state index >= 15 is 0 Å². The van der Waals surface area contributed by atoms with E-state index in [1.807, 2.05) is 18.7 Å². The molecule has 0 atom stereocenters. The quantitative estimate of drug-likeness (QED) is 0.438. The molecule has 1 rings (SSSR count). The number of hydrogen-bond donors (Lipinski definition) is 1. The average molecular weight is 246 g/mol. The van der Waals surface area contributed by atoms with Crippen LogP contribution in [0.1, 0.15) is 12.2 Å². The standard InChI is InChI=1S/C10H19N3O2S/c1-9-12(2)11-10(16)13(9)5-4-6-15-8-7-14-3/h4-8H2,1-3H3/p+1. The number of nitrogens with one attached hydrogen (secondary N) is 1. The summed E-state index contributed by atoms with van der Waals surface area (Å²) < 4.78 is 15.1. The van der Waals surface area contributed by atoms with Crippen molar-refractivity contribution in [2.24, 2.45) is 7.05 Å². The fourth-order valence-corrected chi connectivity index (χ4v) is 1.81. The lowest BCUT2D eigenvalue weighted by molar-refractivity contribution is -0.710. The topological polar surface area (TPSA) is 43.1 Å². The number of aromatic nitrogens is 3. The maximum atomic E-state index is 5.39. The summed E-state index contributed by atoms with van der Waals surface area (Å²) in [6.07, 6.45) is 0.955. The summed E-state index contributed by atoms with van der Waals surface area (Å²) in [5.41, 5.74) is 0. The number of hydrogen-bond acceptors (Lipinski definition) is 3. The first-order valence-corrected chi connectivity index (χ1v) is 5.79. The van der Waals surface area contributed by atoms with E-state index in [1.54, 1.807) is 7.11 Å². The van der Waals surface area contributed by atoms with Crippen LogP contribution >= 0.6 is 12.2 Å². The number of ether oxygens (including phenoxy) is 2. The number of aromatic amines is 1. The summed E-state index contributed by atoms with van der Waals surface area (Å²) in [7, 11) is 3.63. The van der Waals surface area contributed by atoms with E-state index < -0.39 is 0 Å². The molecule has 1 N–H and O–H groups in total. The van der Waals surface area contributed by atoms with Gasteiger partial charge in [0.05, 0.1) is 26.8 Å². The van der Waals surface area contributed by atoms with Crippen molar-refractivity contribution in [3.05, 3.63) is 10.6 Å². The number of rotatable bonds is 7. The normalized spacial score (nSPS) is 10.9. The van der Waals surface area contributed by atoms with Gasteiger partial charge in [-0.25, -0.2) is 4.57 Å². The van der Waals surface area contributed by atoms with Gasteiger partial charge in [-0.3, -0.25) is 0 Å². The van der Waals surface area contributed by atoms with Gasteiger partial charge in [-0.2, -0.15) is 4.68 Å². The van der Waals surface area contributed by atoms with Crippen molar-refractivity contribution in [1.29, 1.82) is 0 Å². The summed E-state index contributed by atoms with van der Waals surface area (Å²) in [5, 5.41) is 3.07. The van der Waals surface area contributed by atoms with Gasteiger partial charge in [-0.05, 0) is 12.2 Å². The predicted molar refractivity (Wildman–Crippen MR) is 62.8 cm³/mol. The summed E-state index contributed by atoms with van der Waals surface area (Å²) >= 11 is 5.21. The molecule has 0 aliphatic carbocycles. The van der Waals surface area contributed by atoms with Gasteiger partial charge in [-0.15, -0.1) is 5.10 Å². The average Bonchev–Trinajstić information content (AvgIpc) is 2.49. The Bertz CT molecular complexity index is 373. The van der Waals surface area contributed by atoms with Gasteiger partial charge in [0, 0.05) is 27.1 Å². The Morgan fingerprint density at radius 1 is 1.38 bits per heavy atom. The largest absolute Gasteiger partial charge is 0.382 e. The van der Waals surface area contributed by atoms with E-state index in [0.29, 0.717) is 13.2 Å². The predicted octanol–water partition coefficient (Wildman–Crippen LogP) is 0.732. The molecule has 0 saturated heterocycles. The smallest absolute Gasteiger partial charge is 0.323 e. The van der Waals surface area contributed by atoms with Gasteiger partial charge in [0.2, 0.25) is 5.82 Å². The zero-order chi connectivity index (χ0) is 12.0. The fourth-order valence-electron chi connectivity index (χ4n) is 1.45. The molecule has 0 aromatic carbocycles. The van der Waals surface area contributed by atoms with Crippen molar-refractivity contribution in [3.63, 3.8) is 0 Å². The lowest BCUT2D eigenvalue weighted by atomic mass is 10.4. The minimum Gasteiger partial charge on any atom is -0.382 e. The van der Waals surface area contributed by atoms with E-state index in [2.05, 4.69) is 9.67 Å². The van der Waals surface area contributed by atoms with Crippen molar-refractivity contribution < 1.29 is 14.0 Å². The third-order valence-corrected chi connectivity index (χ3v) is 2.80. The van der Waals surface area contributed by atoms with Crippen LogP contribution in [0.4, 0.5) is 0 Å². The van der Waals surface area contributed by atoms with Gasteiger partial charge >= 0.3 is 4.77 Å². The highest BCUT2D eigenvalue weighted by Gasteiger charge is 2.10. The van der Waals surface area contributed by atoms with Crippen LogP contribution in [0.15, 0.2) is 0 Å². The zero-order valence-corrected chi connectivity index (χ0v) is 11.0. The van der Waals surface area contributed by atoms with E-state index in [-0.39, 0.29) is 0 Å². The highest BCUT2D eigenvalue weighted by atomic mass is 32.1. The zero-order valence-electron chi connectivity index (χ0n) is 10.2. The van der Waals surface area contributed by atoms with Crippen molar-refractivity contribution >= 4 is 12.2 Å². The number of H-pyrrole nitrogens is 1. The van der Waals surface area contributed by atoms with Crippen LogP contribution in [-0.4, -0.2) is 36.7 Å². The van der Waals surface area contributed by atoms with Crippen LogP contribution in [0.5, 0.6) is 0 Å². The Kier molecular flexibility index (Phi) is 5.65. The molecule has 0 radical (unpaired) electrons. The van der Waals surface area contributed by atoms with Crippen LogP contribution < -0.4 is 4.57 Å². The second kappa shape index (κ2) is 6.78. The maximum absolute atomic E-state index is 5.39. The number of aryl methyl sites for hydroxylation is 1. The molecule has 92 valence electrons. The minimum atomic E-state index is 0.650. The van der Waals surface area contributed by atoms with Crippen molar-refractivity contribution in [2.45, 2.75) is 19.9 Å². The number of nitrogens with zero attached hydrogens (tertiary/aromatic N) is 2. The first kappa shape index (κ1) is 13.3. The Labute approximate surface area is 101 Å². The molecule has 0 bridgehead atoms. The monoisotopic (exact) mass is 246 g/mol. The summed E-state index contributed by atoms with van der Waals surface area (Å²) in [4.78, 5) is 0. The Morgan fingerprint density at radius 3 is 2.69 bits per heavy atom. The number of methoxy groups -OCH3 is 1. The molecule has 1 aromatic rings. The summed E-state index contributed by atoms with van der Waals surface area (Å²) in [5.74, 6) is 1.13. The summed E-state index contributed by atoms with van der Waals surface area (Å²) in [6, 6.07) is 0. The van der Waals surface area contributed by atoms with Crippen molar-refractivity contribution in [2.75, 3.05) is 26.9 Å². The third-order valence-electron chi connectivity index (χ3n) is 2.49. The molecule has 1 aromatic heterocycles. The highest BCUT2D eigenvalue weighted by molar-refractivity contribution is 7.71. The van der Waals surface area contributed by atoms with Crippen LogP contribution in [0.2, 0.25) is 0 Å². The molecule has 1 heterocycles. The van der Waals surface area contributed by atoms with E-state index in [1.165, 1.54) is 0 Å². The lowest BCUT2D eigenvalue weighted by Crippen LogP contribution is -2.37. The van der Waals surface area contributed by atoms with Gasteiger partial charge in [0.15, 0.2) is 0 Å². The molecule has 0 aliphatic rings. The molecular formula is C10H20N3O2S+. The van der Waals surface area contributed by atoms with Crippen LogP contribution in [0.3, 0.4) is 0 Å². The van der Waals surface area contributed by atoms with Crippen molar-refractivity contribution in [3.8, 4) is 0 Å². The molecular weight excluding hydrogens is 226 g/mol. The minimum absolute atomic E-state index is 0.650. The molecule has 0 saturated carbocycles. The molecule has 6 heteroatoms. The van der Waals surface area contributed by atoms with Crippen LogP contribution in [-0.2, 0) is 23.1 Å². The third kappa shape index (κ3) is 3.70. The Morgan fingerprint density at radius 2 is 2.12 bits per heavy atom. The van der Waals surface area contributed by atoms with Gasteiger partial charge in [0.1, 0.15) is 0 Å². The molecule has 0 unspecified atom stereocenters. The van der Waals surface area contributed by atoms with Gasteiger partial charge < -0.3 is 9.47 Å².